The van der Waals surface area contributed by atoms with E-state index in [0.717, 1.165) is 24.6 Å². The third-order valence-corrected chi connectivity index (χ3v) is 3.04. The lowest BCUT2D eigenvalue weighted by atomic mass is 10.1. The van der Waals surface area contributed by atoms with E-state index in [2.05, 4.69) is 48.2 Å². The van der Waals surface area contributed by atoms with E-state index in [1.807, 2.05) is 0 Å². The molecule has 0 aliphatic heterocycles. The maximum Gasteiger partial charge on any atom is 0.219 e. The molecule has 6 heteroatoms. The van der Waals surface area contributed by atoms with Crippen LogP contribution in [0, 0.1) is 11.8 Å². The van der Waals surface area contributed by atoms with Gasteiger partial charge in [-0.25, -0.2) is 5.84 Å². The van der Waals surface area contributed by atoms with E-state index in [1.54, 1.807) is 0 Å². The molecule has 0 fully saturated rings. The molecule has 0 bridgehead atoms. The molecule has 98 valence electrons. The van der Waals surface area contributed by atoms with Crippen LogP contribution in [0.1, 0.15) is 32.7 Å². The van der Waals surface area contributed by atoms with Gasteiger partial charge in [-0.1, -0.05) is 39.0 Å². The zero-order valence-corrected chi connectivity index (χ0v) is 11.9. The molecule has 0 saturated heterocycles. The predicted octanol–water partition coefficient (Wildman–Crippen LogP) is 1.94. The van der Waals surface area contributed by atoms with Crippen LogP contribution in [0.3, 0.4) is 0 Å². The van der Waals surface area contributed by atoms with Crippen molar-refractivity contribution in [1.29, 1.82) is 0 Å². The fourth-order valence-corrected chi connectivity index (χ4v) is 2.50. The maximum absolute atomic E-state index is 5.30. The first-order chi connectivity index (χ1) is 8.01. The number of anilines is 1. The Morgan fingerprint density at radius 2 is 1.76 bits per heavy atom. The van der Waals surface area contributed by atoms with E-state index in [9.17, 15) is 0 Å². The van der Waals surface area contributed by atoms with Crippen molar-refractivity contribution in [3.63, 3.8) is 0 Å². The lowest BCUT2D eigenvalue weighted by Gasteiger charge is -2.24. The van der Waals surface area contributed by atoms with Crippen molar-refractivity contribution in [2.75, 3.05) is 18.5 Å². The summed E-state index contributed by atoms with van der Waals surface area (Å²) in [5.41, 5.74) is 2.53. The standard InChI is InChI=1S/C11H23N5S/c1-8(2)5-16(6-9(3)4)7-10-14-15-11(13-12)17-10/h8-9H,5-7,12H2,1-4H3,(H,13,15). The summed E-state index contributed by atoms with van der Waals surface area (Å²) in [7, 11) is 0. The highest BCUT2D eigenvalue weighted by Crippen LogP contribution is 2.17. The highest BCUT2D eigenvalue weighted by Gasteiger charge is 2.13. The number of hydrazine groups is 1. The summed E-state index contributed by atoms with van der Waals surface area (Å²) in [6.45, 7) is 12.0. The van der Waals surface area contributed by atoms with Crippen LogP contribution in [0.5, 0.6) is 0 Å². The van der Waals surface area contributed by atoms with Crippen molar-refractivity contribution in [2.24, 2.45) is 17.7 Å². The van der Waals surface area contributed by atoms with Crippen LogP contribution in [0.25, 0.3) is 0 Å². The second-order valence-electron chi connectivity index (χ2n) is 5.13. The fraction of sp³-hybridized carbons (Fsp3) is 0.818. The van der Waals surface area contributed by atoms with Crippen LogP contribution in [-0.4, -0.2) is 28.2 Å². The SMILES string of the molecule is CC(C)CN(Cc1nnc(NN)s1)CC(C)C. The summed E-state index contributed by atoms with van der Waals surface area (Å²) < 4.78 is 0. The van der Waals surface area contributed by atoms with E-state index in [4.69, 9.17) is 5.84 Å². The van der Waals surface area contributed by atoms with Crippen LogP contribution in [0.4, 0.5) is 5.13 Å². The molecule has 0 saturated carbocycles. The fourth-order valence-electron chi connectivity index (χ4n) is 1.80. The Morgan fingerprint density at radius 3 is 2.18 bits per heavy atom. The minimum atomic E-state index is 0.661. The first kappa shape index (κ1) is 14.3. The molecule has 0 radical (unpaired) electrons. The van der Waals surface area contributed by atoms with Crippen molar-refractivity contribution in [2.45, 2.75) is 34.2 Å². The molecule has 0 unspecified atom stereocenters. The zero-order chi connectivity index (χ0) is 12.8. The largest absolute Gasteiger partial charge is 0.298 e. The Hall–Kier alpha value is -0.720. The van der Waals surface area contributed by atoms with Gasteiger partial charge in [-0.15, -0.1) is 10.2 Å². The molecule has 0 spiro atoms. The maximum atomic E-state index is 5.30. The molecule has 1 rings (SSSR count). The zero-order valence-electron chi connectivity index (χ0n) is 11.1. The molecular formula is C11H23N5S. The number of nitrogen functional groups attached to an aromatic ring is 1. The number of aromatic nitrogens is 2. The highest BCUT2D eigenvalue weighted by molar-refractivity contribution is 7.15. The van der Waals surface area contributed by atoms with Crippen LogP contribution < -0.4 is 11.3 Å². The van der Waals surface area contributed by atoms with Gasteiger partial charge >= 0.3 is 0 Å². The molecule has 1 heterocycles. The molecule has 0 amide bonds. The van der Waals surface area contributed by atoms with Crippen molar-refractivity contribution in [3.05, 3.63) is 5.01 Å². The summed E-state index contributed by atoms with van der Waals surface area (Å²) in [4.78, 5) is 2.43. The number of nitrogens with zero attached hydrogens (tertiary/aromatic N) is 3. The lowest BCUT2D eigenvalue weighted by Crippen LogP contribution is -2.30. The molecule has 0 aliphatic carbocycles. The molecule has 5 nitrogen and oxygen atoms in total. The van der Waals surface area contributed by atoms with Gasteiger partial charge in [0.15, 0.2) is 0 Å². The second kappa shape index (κ2) is 6.88. The van der Waals surface area contributed by atoms with Gasteiger partial charge in [0.05, 0.1) is 6.54 Å². The van der Waals surface area contributed by atoms with Crippen LogP contribution in [-0.2, 0) is 6.54 Å². The molecule has 0 aliphatic rings. The van der Waals surface area contributed by atoms with Gasteiger partial charge in [-0.05, 0) is 11.8 Å². The van der Waals surface area contributed by atoms with Crippen molar-refractivity contribution in [1.82, 2.24) is 15.1 Å². The summed E-state index contributed by atoms with van der Waals surface area (Å²) in [5, 5.41) is 9.77. The van der Waals surface area contributed by atoms with Crippen LogP contribution in [0.15, 0.2) is 0 Å². The van der Waals surface area contributed by atoms with E-state index in [-0.39, 0.29) is 0 Å². The minimum Gasteiger partial charge on any atom is -0.298 e. The Morgan fingerprint density at radius 1 is 1.18 bits per heavy atom. The summed E-state index contributed by atoms with van der Waals surface area (Å²) in [6, 6.07) is 0. The van der Waals surface area contributed by atoms with Crippen LogP contribution >= 0.6 is 11.3 Å². The molecule has 0 atom stereocenters. The van der Waals surface area contributed by atoms with Gasteiger partial charge in [0.1, 0.15) is 5.01 Å². The summed E-state index contributed by atoms with van der Waals surface area (Å²) in [5.74, 6) is 6.62. The first-order valence-corrected chi connectivity index (χ1v) is 6.84. The highest BCUT2D eigenvalue weighted by atomic mass is 32.1. The third-order valence-electron chi connectivity index (χ3n) is 2.20. The topological polar surface area (TPSA) is 67.1 Å². The first-order valence-electron chi connectivity index (χ1n) is 6.02. The molecule has 1 aromatic rings. The average molecular weight is 257 g/mol. The molecular weight excluding hydrogens is 234 g/mol. The van der Waals surface area contributed by atoms with Gasteiger partial charge in [0, 0.05) is 13.1 Å². The predicted molar refractivity (Wildman–Crippen MR) is 72.7 cm³/mol. The second-order valence-corrected chi connectivity index (χ2v) is 6.19. The van der Waals surface area contributed by atoms with Gasteiger partial charge in [0.25, 0.3) is 0 Å². The molecule has 0 aromatic carbocycles. The van der Waals surface area contributed by atoms with Gasteiger partial charge in [-0.2, -0.15) is 0 Å². The number of nitrogens with two attached hydrogens (primary N) is 1. The monoisotopic (exact) mass is 257 g/mol. The van der Waals surface area contributed by atoms with Gasteiger partial charge in [0.2, 0.25) is 5.13 Å². The van der Waals surface area contributed by atoms with Gasteiger partial charge < -0.3 is 0 Å². The Bertz CT molecular complexity index is 313. The number of nitrogens with one attached hydrogen (secondary N) is 1. The van der Waals surface area contributed by atoms with Gasteiger partial charge in [-0.3, -0.25) is 10.3 Å². The smallest absolute Gasteiger partial charge is 0.219 e. The van der Waals surface area contributed by atoms with Crippen molar-refractivity contribution >= 4 is 16.5 Å². The van der Waals surface area contributed by atoms with E-state index in [0.29, 0.717) is 17.0 Å². The normalized spacial score (nSPS) is 11.8. The quantitative estimate of drug-likeness (QED) is 0.577. The molecule has 3 N–H and O–H groups in total. The van der Waals surface area contributed by atoms with E-state index < -0.39 is 0 Å². The minimum absolute atomic E-state index is 0.661. The summed E-state index contributed by atoms with van der Waals surface area (Å²) in [6.07, 6.45) is 0. The summed E-state index contributed by atoms with van der Waals surface area (Å²) >= 11 is 1.52. The van der Waals surface area contributed by atoms with Crippen molar-refractivity contribution in [3.8, 4) is 0 Å². The van der Waals surface area contributed by atoms with E-state index in [1.165, 1.54) is 11.3 Å². The Kier molecular flexibility index (Phi) is 5.80. The Labute approximate surface area is 107 Å². The van der Waals surface area contributed by atoms with Crippen molar-refractivity contribution < 1.29 is 0 Å². The number of hydrogen-bond donors (Lipinski definition) is 2. The molecule has 17 heavy (non-hydrogen) atoms. The molecule has 1 aromatic heterocycles. The number of rotatable bonds is 7. The third kappa shape index (κ3) is 5.43. The number of hydrogen-bond acceptors (Lipinski definition) is 6. The lowest BCUT2D eigenvalue weighted by molar-refractivity contribution is 0.211. The van der Waals surface area contributed by atoms with E-state index >= 15 is 0 Å². The van der Waals surface area contributed by atoms with Crippen LogP contribution in [0.2, 0.25) is 0 Å². The average Bonchev–Trinajstić information content (AvgIpc) is 2.63. The Balaban J connectivity index is 2.57.